The summed E-state index contributed by atoms with van der Waals surface area (Å²) in [6, 6.07) is 5.30. The minimum Gasteiger partial charge on any atom is -0.496 e. The molecule has 2 rings (SSSR count). The number of aromatic nitrogens is 2. The molecule has 0 saturated heterocycles. The van der Waals surface area contributed by atoms with E-state index in [0.717, 1.165) is 0 Å². The molecule has 2 aromatic rings. The predicted molar refractivity (Wildman–Crippen MR) is 63.4 cm³/mol. The van der Waals surface area contributed by atoms with E-state index in [2.05, 4.69) is 9.97 Å². The van der Waals surface area contributed by atoms with Crippen LogP contribution in [-0.4, -0.2) is 24.2 Å². The highest BCUT2D eigenvalue weighted by Crippen LogP contribution is 2.35. The molecule has 5 nitrogen and oxygen atoms in total. The van der Waals surface area contributed by atoms with Crippen molar-refractivity contribution in [1.82, 2.24) is 9.97 Å². The van der Waals surface area contributed by atoms with Gasteiger partial charge in [0, 0.05) is 12.4 Å². The van der Waals surface area contributed by atoms with Crippen LogP contribution in [0.1, 0.15) is 0 Å². The molecule has 0 aliphatic carbocycles. The van der Waals surface area contributed by atoms with Gasteiger partial charge in [-0.25, -0.2) is 4.98 Å². The Bertz CT molecular complexity index is 556. The number of nitrogens with one attached hydrogen (secondary N) is 1. The van der Waals surface area contributed by atoms with Crippen LogP contribution in [0.3, 0.4) is 0 Å². The molecule has 0 atom stereocenters. The third-order valence-electron chi connectivity index (χ3n) is 2.37. The zero-order valence-electron chi connectivity index (χ0n) is 9.56. The van der Waals surface area contributed by atoms with Gasteiger partial charge in [0.25, 0.3) is 5.56 Å². The number of methoxy groups -OCH3 is 2. The summed E-state index contributed by atoms with van der Waals surface area (Å²) < 4.78 is 10.4. The summed E-state index contributed by atoms with van der Waals surface area (Å²) >= 11 is 0. The monoisotopic (exact) mass is 232 g/mol. The number of hydrogen-bond donors (Lipinski definition) is 1. The van der Waals surface area contributed by atoms with E-state index in [1.54, 1.807) is 18.2 Å². The van der Waals surface area contributed by atoms with Crippen LogP contribution in [0.4, 0.5) is 0 Å². The highest BCUT2D eigenvalue weighted by molar-refractivity contribution is 5.73. The molecule has 0 saturated carbocycles. The van der Waals surface area contributed by atoms with Crippen molar-refractivity contribution in [2.75, 3.05) is 14.2 Å². The van der Waals surface area contributed by atoms with E-state index in [0.29, 0.717) is 17.1 Å². The highest BCUT2D eigenvalue weighted by atomic mass is 16.5. The molecule has 1 N–H and O–H groups in total. The van der Waals surface area contributed by atoms with Gasteiger partial charge in [-0.15, -0.1) is 0 Å². The third-order valence-corrected chi connectivity index (χ3v) is 2.37. The first kappa shape index (κ1) is 11.2. The fourth-order valence-corrected chi connectivity index (χ4v) is 1.61. The van der Waals surface area contributed by atoms with Crippen molar-refractivity contribution < 1.29 is 9.47 Å². The fourth-order valence-electron chi connectivity index (χ4n) is 1.61. The maximum absolute atomic E-state index is 11.7. The number of nitrogens with zero attached hydrogens (tertiary/aromatic N) is 1. The average molecular weight is 232 g/mol. The van der Waals surface area contributed by atoms with Gasteiger partial charge in [-0.1, -0.05) is 6.07 Å². The van der Waals surface area contributed by atoms with E-state index in [-0.39, 0.29) is 11.3 Å². The molecule has 5 heteroatoms. The van der Waals surface area contributed by atoms with Crippen molar-refractivity contribution >= 4 is 0 Å². The number of rotatable bonds is 3. The molecular formula is C12H12N2O3. The standard InChI is InChI=1S/C12H12N2O3/c1-16-8-4-3-5-9(17-2)10(8)11-12(15)14-7-6-13-11/h3-7H,1-2H3,(H,14,15). The van der Waals surface area contributed by atoms with Crippen molar-refractivity contribution in [2.45, 2.75) is 0 Å². The Labute approximate surface area is 98.0 Å². The molecule has 0 radical (unpaired) electrons. The topological polar surface area (TPSA) is 64.2 Å². The summed E-state index contributed by atoms with van der Waals surface area (Å²) in [6.07, 6.45) is 3.00. The molecule has 17 heavy (non-hydrogen) atoms. The maximum atomic E-state index is 11.7. The summed E-state index contributed by atoms with van der Waals surface area (Å²) in [7, 11) is 3.07. The Kier molecular flexibility index (Phi) is 3.09. The van der Waals surface area contributed by atoms with Gasteiger partial charge < -0.3 is 14.5 Å². The molecule has 1 heterocycles. The lowest BCUT2D eigenvalue weighted by atomic mass is 10.1. The largest absolute Gasteiger partial charge is 0.496 e. The average Bonchev–Trinajstić information content (AvgIpc) is 2.38. The molecule has 0 bridgehead atoms. The van der Waals surface area contributed by atoms with Gasteiger partial charge in [-0.2, -0.15) is 0 Å². The summed E-state index contributed by atoms with van der Waals surface area (Å²) in [4.78, 5) is 18.4. The van der Waals surface area contributed by atoms with Gasteiger partial charge in [-0.05, 0) is 12.1 Å². The Morgan fingerprint density at radius 3 is 2.35 bits per heavy atom. The zero-order chi connectivity index (χ0) is 12.3. The number of ether oxygens (including phenoxy) is 2. The molecule has 88 valence electrons. The Morgan fingerprint density at radius 2 is 1.82 bits per heavy atom. The Hall–Kier alpha value is -2.30. The van der Waals surface area contributed by atoms with Gasteiger partial charge >= 0.3 is 0 Å². The van der Waals surface area contributed by atoms with Crippen molar-refractivity contribution in [3.63, 3.8) is 0 Å². The van der Waals surface area contributed by atoms with Gasteiger partial charge in [0.2, 0.25) is 0 Å². The zero-order valence-corrected chi connectivity index (χ0v) is 9.56. The SMILES string of the molecule is COc1cccc(OC)c1-c1ncc[nH]c1=O. The van der Waals surface area contributed by atoms with Crippen LogP contribution in [0.2, 0.25) is 0 Å². The molecule has 0 aliphatic rings. The highest BCUT2D eigenvalue weighted by Gasteiger charge is 2.16. The third kappa shape index (κ3) is 1.99. The Morgan fingerprint density at radius 1 is 1.18 bits per heavy atom. The van der Waals surface area contributed by atoms with Crippen LogP contribution in [0, 0.1) is 0 Å². The lowest BCUT2D eigenvalue weighted by Gasteiger charge is -2.11. The first-order valence-electron chi connectivity index (χ1n) is 5.03. The van der Waals surface area contributed by atoms with Gasteiger partial charge in [0.05, 0.1) is 19.8 Å². The molecule has 0 unspecified atom stereocenters. The molecule has 0 fully saturated rings. The number of aromatic amines is 1. The fraction of sp³-hybridized carbons (Fsp3) is 0.167. The first-order chi connectivity index (χ1) is 8.27. The van der Waals surface area contributed by atoms with Crippen LogP contribution in [-0.2, 0) is 0 Å². The minimum absolute atomic E-state index is 0.279. The van der Waals surface area contributed by atoms with Crippen LogP contribution >= 0.6 is 0 Å². The molecular weight excluding hydrogens is 220 g/mol. The maximum Gasteiger partial charge on any atom is 0.274 e. The second kappa shape index (κ2) is 4.69. The summed E-state index contributed by atoms with van der Waals surface area (Å²) in [6.45, 7) is 0. The quantitative estimate of drug-likeness (QED) is 0.870. The van der Waals surface area contributed by atoms with Crippen LogP contribution in [0.5, 0.6) is 11.5 Å². The van der Waals surface area contributed by atoms with E-state index in [1.165, 1.54) is 26.6 Å². The molecule has 0 aliphatic heterocycles. The minimum atomic E-state index is -0.282. The number of hydrogen-bond acceptors (Lipinski definition) is 4. The number of benzene rings is 1. The molecule has 1 aromatic carbocycles. The van der Waals surface area contributed by atoms with Gasteiger partial charge in [-0.3, -0.25) is 4.79 Å². The second-order valence-corrected chi connectivity index (χ2v) is 3.30. The van der Waals surface area contributed by atoms with Gasteiger partial charge in [0.15, 0.2) is 0 Å². The van der Waals surface area contributed by atoms with E-state index >= 15 is 0 Å². The van der Waals surface area contributed by atoms with Crippen molar-refractivity contribution in [3.05, 3.63) is 40.9 Å². The summed E-state index contributed by atoms with van der Waals surface area (Å²) in [5, 5.41) is 0. The molecule has 0 spiro atoms. The predicted octanol–water partition coefficient (Wildman–Crippen LogP) is 1.45. The summed E-state index contributed by atoms with van der Waals surface area (Å²) in [5.74, 6) is 1.10. The van der Waals surface area contributed by atoms with E-state index in [1.807, 2.05) is 0 Å². The normalized spacial score (nSPS) is 10.0. The van der Waals surface area contributed by atoms with Crippen molar-refractivity contribution in [3.8, 4) is 22.8 Å². The van der Waals surface area contributed by atoms with Crippen molar-refractivity contribution in [2.24, 2.45) is 0 Å². The summed E-state index contributed by atoms with van der Waals surface area (Å²) in [5.41, 5.74) is 0.552. The number of H-pyrrole nitrogens is 1. The van der Waals surface area contributed by atoms with Crippen LogP contribution in [0.15, 0.2) is 35.4 Å². The lowest BCUT2D eigenvalue weighted by Crippen LogP contribution is -2.11. The lowest BCUT2D eigenvalue weighted by molar-refractivity contribution is 0.397. The van der Waals surface area contributed by atoms with Crippen molar-refractivity contribution in [1.29, 1.82) is 0 Å². The van der Waals surface area contributed by atoms with E-state index < -0.39 is 0 Å². The Balaban J connectivity index is 2.73. The van der Waals surface area contributed by atoms with E-state index in [4.69, 9.17) is 9.47 Å². The van der Waals surface area contributed by atoms with Gasteiger partial charge in [0.1, 0.15) is 17.2 Å². The first-order valence-corrected chi connectivity index (χ1v) is 5.03. The molecule has 1 aromatic heterocycles. The smallest absolute Gasteiger partial charge is 0.274 e. The van der Waals surface area contributed by atoms with Crippen LogP contribution < -0.4 is 15.0 Å². The second-order valence-electron chi connectivity index (χ2n) is 3.30. The van der Waals surface area contributed by atoms with E-state index in [9.17, 15) is 4.79 Å². The van der Waals surface area contributed by atoms with Crippen LogP contribution in [0.25, 0.3) is 11.3 Å². The molecule has 0 amide bonds.